The minimum absolute atomic E-state index is 0.146. The maximum absolute atomic E-state index is 13.2. The van der Waals surface area contributed by atoms with Gasteiger partial charge in [0.05, 0.1) is 31.4 Å². The molecule has 2 amide bonds. The molecule has 2 aliphatic rings. The molecule has 0 unspecified atom stereocenters. The van der Waals surface area contributed by atoms with Gasteiger partial charge in [-0.25, -0.2) is 0 Å². The molecule has 10 heteroatoms. The number of rotatable bonds is 6. The van der Waals surface area contributed by atoms with E-state index in [0.29, 0.717) is 23.1 Å². The summed E-state index contributed by atoms with van der Waals surface area (Å²) in [5, 5.41) is 5.46. The van der Waals surface area contributed by atoms with Crippen molar-refractivity contribution < 1.29 is 19.1 Å². The molecular formula is C23H29N5O5. The third-order valence-electron chi connectivity index (χ3n) is 6.29. The van der Waals surface area contributed by atoms with Crippen LogP contribution in [-0.4, -0.2) is 48.6 Å². The van der Waals surface area contributed by atoms with E-state index >= 15 is 0 Å². The molecule has 4 rings (SSSR count). The molecule has 1 fully saturated rings. The van der Waals surface area contributed by atoms with Crippen molar-refractivity contribution in [2.75, 3.05) is 36.3 Å². The number of nitrogens with zero attached hydrogens (tertiary/aromatic N) is 2. The molecule has 33 heavy (non-hydrogen) atoms. The van der Waals surface area contributed by atoms with Gasteiger partial charge < -0.3 is 25.0 Å². The molecule has 1 aromatic heterocycles. The van der Waals surface area contributed by atoms with Crippen molar-refractivity contribution in [3.63, 3.8) is 0 Å². The molecular weight excluding hydrogens is 426 g/mol. The lowest BCUT2D eigenvalue weighted by Crippen LogP contribution is -2.43. The van der Waals surface area contributed by atoms with E-state index in [0.717, 1.165) is 32.2 Å². The van der Waals surface area contributed by atoms with Gasteiger partial charge in [0.15, 0.2) is 0 Å². The van der Waals surface area contributed by atoms with E-state index in [1.54, 1.807) is 18.2 Å². The summed E-state index contributed by atoms with van der Waals surface area (Å²) in [5.41, 5.74) is 0.154. The lowest BCUT2D eigenvalue weighted by Gasteiger charge is -2.36. The fourth-order valence-electron chi connectivity index (χ4n) is 4.54. The zero-order valence-electron chi connectivity index (χ0n) is 19.1. The molecule has 2 aliphatic heterocycles. The Hall–Kier alpha value is -3.56. The van der Waals surface area contributed by atoms with Crippen LogP contribution in [0.25, 0.3) is 0 Å². The number of benzene rings is 1. The van der Waals surface area contributed by atoms with Crippen LogP contribution in [0.2, 0.25) is 0 Å². The van der Waals surface area contributed by atoms with Gasteiger partial charge in [0, 0.05) is 25.1 Å². The highest BCUT2D eigenvalue weighted by Crippen LogP contribution is 2.34. The second-order valence-electron chi connectivity index (χ2n) is 8.26. The van der Waals surface area contributed by atoms with Gasteiger partial charge in [-0.3, -0.25) is 19.4 Å². The zero-order valence-corrected chi connectivity index (χ0v) is 19.1. The molecule has 1 aromatic carbocycles. The maximum Gasteiger partial charge on any atom is 0.258 e. The van der Waals surface area contributed by atoms with Crippen LogP contribution in [0.15, 0.2) is 23.0 Å². The second kappa shape index (κ2) is 9.51. The predicted octanol–water partition coefficient (Wildman–Crippen LogP) is 2.62. The van der Waals surface area contributed by atoms with Crippen molar-refractivity contribution >= 4 is 29.3 Å². The number of aromatic nitrogens is 2. The van der Waals surface area contributed by atoms with E-state index in [9.17, 15) is 14.4 Å². The number of nitrogens with one attached hydrogen (secondary N) is 3. The minimum atomic E-state index is -0.978. The van der Waals surface area contributed by atoms with Crippen molar-refractivity contribution in [1.82, 2.24) is 9.97 Å². The van der Waals surface area contributed by atoms with Gasteiger partial charge in [-0.05, 0) is 37.8 Å². The van der Waals surface area contributed by atoms with Crippen LogP contribution in [0.4, 0.5) is 17.5 Å². The van der Waals surface area contributed by atoms with Gasteiger partial charge in [-0.1, -0.05) is 6.92 Å². The molecule has 1 saturated heterocycles. The van der Waals surface area contributed by atoms with Crippen molar-refractivity contribution in [3.05, 3.63) is 34.1 Å². The molecule has 2 atom stereocenters. The molecule has 0 radical (unpaired) electrons. The summed E-state index contributed by atoms with van der Waals surface area (Å²) in [6.07, 6.45) is 3.96. The lowest BCUT2D eigenvalue weighted by molar-refractivity contribution is -0.123. The quantitative estimate of drug-likeness (QED) is 0.611. The van der Waals surface area contributed by atoms with Gasteiger partial charge in [0.1, 0.15) is 17.3 Å². The van der Waals surface area contributed by atoms with E-state index in [2.05, 4.69) is 32.4 Å². The Bertz CT molecular complexity index is 1110. The Kier molecular flexibility index (Phi) is 6.52. The van der Waals surface area contributed by atoms with Crippen LogP contribution in [0.3, 0.4) is 0 Å². The summed E-state index contributed by atoms with van der Waals surface area (Å²) >= 11 is 0. The van der Waals surface area contributed by atoms with Crippen molar-refractivity contribution in [2.24, 2.45) is 0 Å². The monoisotopic (exact) mass is 455 g/mol. The highest BCUT2D eigenvalue weighted by Gasteiger charge is 2.36. The summed E-state index contributed by atoms with van der Waals surface area (Å²) in [5.74, 6) is -0.271. The Labute approximate surface area is 191 Å². The fourth-order valence-corrected chi connectivity index (χ4v) is 4.54. The van der Waals surface area contributed by atoms with Gasteiger partial charge in [-0.15, -0.1) is 0 Å². The molecule has 0 spiro atoms. The number of anilines is 3. The number of hydrogen-bond donors (Lipinski definition) is 3. The highest BCUT2D eigenvalue weighted by molar-refractivity contribution is 6.05. The average Bonchev–Trinajstić information content (AvgIpc) is 2.83. The first-order valence-electron chi connectivity index (χ1n) is 11.2. The number of ether oxygens (including phenoxy) is 2. The zero-order chi connectivity index (χ0) is 23.5. The van der Waals surface area contributed by atoms with Crippen molar-refractivity contribution in [3.8, 4) is 11.5 Å². The van der Waals surface area contributed by atoms with Crippen molar-refractivity contribution in [1.29, 1.82) is 0 Å². The maximum atomic E-state index is 13.2. The fraction of sp³-hybridized carbons (Fsp3) is 0.478. The second-order valence-corrected chi connectivity index (χ2v) is 8.26. The molecule has 10 nitrogen and oxygen atoms in total. The Morgan fingerprint density at radius 2 is 2.06 bits per heavy atom. The number of aromatic amines is 1. The predicted molar refractivity (Wildman–Crippen MR) is 124 cm³/mol. The van der Waals surface area contributed by atoms with Gasteiger partial charge >= 0.3 is 0 Å². The molecule has 0 aliphatic carbocycles. The van der Waals surface area contributed by atoms with E-state index in [-0.39, 0.29) is 29.8 Å². The first-order valence-corrected chi connectivity index (χ1v) is 11.2. The largest absolute Gasteiger partial charge is 0.497 e. The molecule has 0 bridgehead atoms. The van der Waals surface area contributed by atoms with E-state index in [1.807, 2.05) is 0 Å². The van der Waals surface area contributed by atoms with E-state index in [1.165, 1.54) is 14.2 Å². The number of amides is 2. The molecule has 176 valence electrons. The summed E-state index contributed by atoms with van der Waals surface area (Å²) in [6.45, 7) is 2.89. The Morgan fingerprint density at radius 1 is 1.24 bits per heavy atom. The average molecular weight is 456 g/mol. The van der Waals surface area contributed by atoms with Gasteiger partial charge in [0.25, 0.3) is 5.56 Å². The third kappa shape index (κ3) is 4.50. The van der Waals surface area contributed by atoms with Crippen LogP contribution in [0.1, 0.15) is 50.5 Å². The normalized spacial score (nSPS) is 20.0. The highest BCUT2D eigenvalue weighted by atomic mass is 16.5. The lowest BCUT2D eigenvalue weighted by atomic mass is 9.92. The number of H-pyrrole nitrogens is 1. The standard InChI is InChI=1S/C23H29N5O5/c1-4-13-7-5-6-10-28(13)23-26-20-19(22(31)27-23)15(12-18(29)25-20)21(30)24-16-9-8-14(32-2)11-17(16)33-3/h8-9,11,13,15H,4-7,10,12H2,1-3H3,(H,24,30)(H2,25,26,27,29,31)/t13-,15-/m1/s1. The smallest absolute Gasteiger partial charge is 0.258 e. The first-order chi connectivity index (χ1) is 15.9. The van der Waals surface area contributed by atoms with Gasteiger partial charge in [0.2, 0.25) is 17.8 Å². The summed E-state index contributed by atoms with van der Waals surface area (Å²) in [4.78, 5) is 48.2. The minimum Gasteiger partial charge on any atom is -0.497 e. The summed E-state index contributed by atoms with van der Waals surface area (Å²) < 4.78 is 10.5. The van der Waals surface area contributed by atoms with Crippen LogP contribution < -0.4 is 30.6 Å². The molecule has 2 aromatic rings. The third-order valence-corrected chi connectivity index (χ3v) is 6.29. The van der Waals surface area contributed by atoms with E-state index < -0.39 is 17.4 Å². The topological polar surface area (TPSA) is 126 Å². The Morgan fingerprint density at radius 3 is 2.79 bits per heavy atom. The van der Waals surface area contributed by atoms with Crippen LogP contribution in [-0.2, 0) is 9.59 Å². The van der Waals surface area contributed by atoms with Crippen LogP contribution in [0.5, 0.6) is 11.5 Å². The van der Waals surface area contributed by atoms with E-state index in [4.69, 9.17) is 9.47 Å². The molecule has 3 heterocycles. The van der Waals surface area contributed by atoms with Crippen molar-refractivity contribution in [2.45, 2.75) is 51.0 Å². The van der Waals surface area contributed by atoms with Gasteiger partial charge in [-0.2, -0.15) is 4.98 Å². The number of methoxy groups -OCH3 is 2. The number of carbonyl (C=O) groups is 2. The summed E-state index contributed by atoms with van der Waals surface area (Å²) in [6, 6.07) is 5.25. The number of hydrogen-bond acceptors (Lipinski definition) is 7. The number of carbonyl (C=O) groups excluding carboxylic acids is 2. The Balaban J connectivity index is 1.65. The number of piperidine rings is 1. The summed E-state index contributed by atoms with van der Waals surface area (Å²) in [7, 11) is 3.01. The van der Waals surface area contributed by atoms with Crippen LogP contribution >= 0.6 is 0 Å². The number of fused-ring (bicyclic) bond motifs is 1. The molecule has 0 saturated carbocycles. The SMILES string of the molecule is CC[C@@H]1CCCCN1c1nc2c(c(=O)[nH]1)[C@H](C(=O)Nc1ccc(OC)cc1OC)CC(=O)N2. The van der Waals surface area contributed by atoms with Crippen LogP contribution in [0, 0.1) is 0 Å². The first kappa shape index (κ1) is 22.6. The molecule has 3 N–H and O–H groups in total.